The van der Waals surface area contributed by atoms with Gasteiger partial charge in [-0.15, -0.1) is 11.3 Å². The molecule has 27 heavy (non-hydrogen) atoms. The minimum absolute atomic E-state index is 0.0195. The quantitative estimate of drug-likeness (QED) is 0.529. The SMILES string of the molecule is O=C(Nc1cc(F)ccn1)c1c([O-])[n+](Cc2cnc(Cl)s2)c2ccccn12. The normalized spacial score (nSPS) is 11.0. The average molecular weight is 404 g/mol. The lowest BCUT2D eigenvalue weighted by Crippen LogP contribution is -2.36. The number of halogens is 2. The molecule has 1 N–H and O–H groups in total. The molecule has 0 fully saturated rings. The van der Waals surface area contributed by atoms with Crippen molar-refractivity contribution in [2.75, 3.05) is 5.32 Å². The maximum Gasteiger partial charge on any atom is 0.300 e. The van der Waals surface area contributed by atoms with Gasteiger partial charge in [-0.2, -0.15) is 4.40 Å². The number of carbonyl (C=O) groups is 1. The predicted molar refractivity (Wildman–Crippen MR) is 95.4 cm³/mol. The third kappa shape index (κ3) is 3.34. The summed E-state index contributed by atoms with van der Waals surface area (Å²) in [7, 11) is 0. The number of rotatable bonds is 4. The molecule has 7 nitrogen and oxygen atoms in total. The summed E-state index contributed by atoms with van der Waals surface area (Å²) >= 11 is 7.11. The molecule has 0 aliphatic carbocycles. The van der Waals surface area contributed by atoms with Gasteiger partial charge in [0.2, 0.25) is 5.69 Å². The summed E-state index contributed by atoms with van der Waals surface area (Å²) in [6.07, 6.45) is 4.43. The molecule has 0 bridgehead atoms. The molecule has 4 aromatic rings. The zero-order valence-corrected chi connectivity index (χ0v) is 15.2. The lowest BCUT2D eigenvalue weighted by molar-refractivity contribution is -0.704. The number of carbonyl (C=O) groups excluding carboxylic acids is 1. The number of hydrogen-bond donors (Lipinski definition) is 1. The maximum absolute atomic E-state index is 13.3. The Kier molecular flexibility index (Phi) is 4.46. The van der Waals surface area contributed by atoms with Crippen LogP contribution in [0.3, 0.4) is 0 Å². The number of aromatic nitrogens is 4. The van der Waals surface area contributed by atoms with Crippen molar-refractivity contribution in [3.63, 3.8) is 0 Å². The smallest absolute Gasteiger partial charge is 0.300 e. The van der Waals surface area contributed by atoms with Gasteiger partial charge in [-0.05, 0) is 12.1 Å². The zero-order chi connectivity index (χ0) is 19.0. The van der Waals surface area contributed by atoms with Crippen LogP contribution in [0.25, 0.3) is 5.65 Å². The van der Waals surface area contributed by atoms with E-state index in [1.165, 1.54) is 26.5 Å². The largest absolute Gasteiger partial charge is 0.839 e. The molecule has 0 unspecified atom stereocenters. The molecule has 0 spiro atoms. The van der Waals surface area contributed by atoms with Gasteiger partial charge in [0.25, 0.3) is 11.6 Å². The summed E-state index contributed by atoms with van der Waals surface area (Å²) in [5.41, 5.74) is 0.427. The molecule has 0 radical (unpaired) electrons. The summed E-state index contributed by atoms with van der Waals surface area (Å²) in [5, 5.41) is 15.4. The van der Waals surface area contributed by atoms with Gasteiger partial charge in [-0.1, -0.05) is 17.7 Å². The van der Waals surface area contributed by atoms with Gasteiger partial charge in [0.15, 0.2) is 4.47 Å². The van der Waals surface area contributed by atoms with Gasteiger partial charge < -0.3 is 10.4 Å². The Morgan fingerprint density at radius 2 is 2.22 bits per heavy atom. The fraction of sp³-hybridized carbons (Fsp3) is 0.0588. The van der Waals surface area contributed by atoms with Gasteiger partial charge >= 0.3 is 0 Å². The van der Waals surface area contributed by atoms with Gasteiger partial charge in [0.05, 0.1) is 11.1 Å². The molecule has 0 aromatic carbocycles. The first-order valence-corrected chi connectivity index (χ1v) is 8.95. The number of hydrogen-bond acceptors (Lipinski definition) is 5. The number of anilines is 1. The molecule has 0 saturated heterocycles. The fourth-order valence-corrected chi connectivity index (χ4v) is 3.67. The summed E-state index contributed by atoms with van der Waals surface area (Å²) in [6.45, 7) is 0.224. The lowest BCUT2D eigenvalue weighted by Gasteiger charge is -2.06. The first kappa shape index (κ1) is 17.4. The van der Waals surface area contributed by atoms with Gasteiger partial charge in [-0.25, -0.2) is 18.9 Å². The Bertz CT molecular complexity index is 1160. The third-order valence-corrected chi connectivity index (χ3v) is 4.92. The second kappa shape index (κ2) is 6.93. The number of nitrogens with one attached hydrogen (secondary N) is 1. The number of imidazole rings is 1. The third-order valence-electron chi connectivity index (χ3n) is 3.82. The molecule has 4 heterocycles. The van der Waals surface area contributed by atoms with Crippen LogP contribution in [0.2, 0.25) is 4.47 Å². The Morgan fingerprint density at radius 1 is 1.37 bits per heavy atom. The molecule has 10 heteroatoms. The summed E-state index contributed by atoms with van der Waals surface area (Å²) in [6, 6.07) is 7.43. The van der Waals surface area contributed by atoms with Gasteiger partial charge in [-0.3, -0.25) is 4.79 Å². The number of amides is 1. The number of fused-ring (bicyclic) bond motifs is 1. The van der Waals surface area contributed by atoms with Crippen molar-refractivity contribution >= 4 is 40.3 Å². The molecule has 4 rings (SSSR count). The van der Waals surface area contributed by atoms with Crippen LogP contribution in [0.4, 0.5) is 10.2 Å². The van der Waals surface area contributed by atoms with Crippen LogP contribution >= 0.6 is 22.9 Å². The highest BCUT2D eigenvalue weighted by molar-refractivity contribution is 7.15. The molecule has 4 aromatic heterocycles. The Hall–Kier alpha value is -3.04. The van der Waals surface area contributed by atoms with E-state index in [9.17, 15) is 14.3 Å². The Morgan fingerprint density at radius 3 is 2.96 bits per heavy atom. The maximum atomic E-state index is 13.3. The van der Waals surface area contributed by atoms with Crippen molar-refractivity contribution in [2.24, 2.45) is 0 Å². The van der Waals surface area contributed by atoms with E-state index in [1.807, 2.05) is 0 Å². The van der Waals surface area contributed by atoms with Crippen LogP contribution in [0.1, 0.15) is 15.4 Å². The second-order valence-electron chi connectivity index (χ2n) is 5.56. The molecule has 1 amide bonds. The van der Waals surface area contributed by atoms with Gasteiger partial charge in [0.1, 0.15) is 24.1 Å². The van der Waals surface area contributed by atoms with Crippen LogP contribution < -0.4 is 15.0 Å². The highest BCUT2D eigenvalue weighted by Crippen LogP contribution is 2.21. The van der Waals surface area contributed by atoms with E-state index >= 15 is 0 Å². The van der Waals surface area contributed by atoms with Crippen LogP contribution in [0.5, 0.6) is 5.88 Å². The summed E-state index contributed by atoms with van der Waals surface area (Å²) in [4.78, 5) is 21.3. The summed E-state index contributed by atoms with van der Waals surface area (Å²) in [5.74, 6) is -1.69. The van der Waals surface area contributed by atoms with Gasteiger partial charge in [0, 0.05) is 24.5 Å². The van der Waals surface area contributed by atoms with Crippen molar-refractivity contribution in [1.82, 2.24) is 14.4 Å². The van der Waals surface area contributed by atoms with E-state index in [1.54, 1.807) is 30.6 Å². The molecule has 0 saturated carbocycles. The highest BCUT2D eigenvalue weighted by Gasteiger charge is 2.26. The molecule has 0 aliphatic heterocycles. The highest BCUT2D eigenvalue weighted by atomic mass is 35.5. The van der Waals surface area contributed by atoms with Crippen molar-refractivity contribution in [3.8, 4) is 5.88 Å². The van der Waals surface area contributed by atoms with Crippen LogP contribution in [-0.4, -0.2) is 20.3 Å². The first-order valence-electron chi connectivity index (χ1n) is 7.76. The van der Waals surface area contributed by atoms with Crippen LogP contribution in [0.15, 0.2) is 48.9 Å². The Balaban J connectivity index is 1.76. The standard InChI is InChI=1S/C17H11ClFN5O2S/c18-17-21-8-11(27-17)9-24-13-3-1-2-6-23(13)14(16(24)26)15(25)22-12-7-10(19)4-5-20-12/h1-8H,9H2,(H-,20,22,25,26). The van der Waals surface area contributed by atoms with Crippen molar-refractivity contribution < 1.29 is 18.9 Å². The second-order valence-corrected chi connectivity index (χ2v) is 7.26. The van der Waals surface area contributed by atoms with E-state index in [0.717, 1.165) is 17.0 Å². The monoisotopic (exact) mass is 403 g/mol. The van der Waals surface area contributed by atoms with E-state index in [2.05, 4.69) is 15.3 Å². The van der Waals surface area contributed by atoms with Crippen LogP contribution in [0, 0.1) is 5.82 Å². The van der Waals surface area contributed by atoms with E-state index in [0.29, 0.717) is 10.1 Å². The lowest BCUT2D eigenvalue weighted by atomic mass is 10.3. The molecular formula is C17H11ClFN5O2S. The molecule has 0 atom stereocenters. The average Bonchev–Trinajstić information content (AvgIpc) is 3.17. The van der Waals surface area contributed by atoms with E-state index in [4.69, 9.17) is 11.6 Å². The topological polar surface area (TPSA) is 86.2 Å². The Labute approximate surface area is 161 Å². The minimum Gasteiger partial charge on any atom is -0.839 e. The minimum atomic E-state index is -0.680. The van der Waals surface area contributed by atoms with Crippen LogP contribution in [-0.2, 0) is 6.54 Å². The molecule has 0 aliphatic rings. The molecular weight excluding hydrogens is 393 g/mol. The van der Waals surface area contributed by atoms with E-state index < -0.39 is 17.6 Å². The van der Waals surface area contributed by atoms with Crippen molar-refractivity contribution in [1.29, 1.82) is 0 Å². The number of nitrogens with zero attached hydrogens (tertiary/aromatic N) is 4. The van der Waals surface area contributed by atoms with E-state index in [-0.39, 0.29) is 18.1 Å². The zero-order valence-electron chi connectivity index (χ0n) is 13.6. The number of thiazole rings is 1. The van der Waals surface area contributed by atoms with Crippen molar-refractivity contribution in [3.05, 3.63) is 69.8 Å². The first-order chi connectivity index (χ1) is 13.0. The van der Waals surface area contributed by atoms with Crippen molar-refractivity contribution in [2.45, 2.75) is 6.54 Å². The number of pyridine rings is 2. The fourth-order valence-electron chi connectivity index (χ4n) is 2.70. The molecule has 136 valence electrons. The summed E-state index contributed by atoms with van der Waals surface area (Å²) < 4.78 is 16.6. The predicted octanol–water partition coefficient (Wildman–Crippen LogP) is 2.24.